The summed E-state index contributed by atoms with van der Waals surface area (Å²) >= 11 is 20.0. The first-order valence-electron chi connectivity index (χ1n) is 8.91. The van der Waals surface area contributed by atoms with Crippen molar-refractivity contribution in [1.82, 2.24) is 0 Å². The number of carboxylic acid groups (broad SMARTS) is 1. The lowest BCUT2D eigenvalue weighted by Gasteiger charge is -2.10. The van der Waals surface area contributed by atoms with Crippen molar-refractivity contribution in [3.63, 3.8) is 0 Å². The summed E-state index contributed by atoms with van der Waals surface area (Å²) in [5.41, 5.74) is 3.16. The van der Waals surface area contributed by atoms with Crippen LogP contribution in [0.1, 0.15) is 11.1 Å². The Morgan fingerprint density at radius 3 is 1.97 bits per heavy atom. The molecule has 0 saturated carbocycles. The lowest BCUT2D eigenvalue weighted by Crippen LogP contribution is -2.09. The quantitative estimate of drug-likeness (QED) is 0.343. The Morgan fingerprint density at radius 2 is 1.47 bits per heavy atom. The van der Waals surface area contributed by atoms with Crippen molar-refractivity contribution in [3.05, 3.63) is 99.0 Å². The van der Waals surface area contributed by atoms with Crippen molar-refractivity contribution in [2.75, 3.05) is 12.4 Å². The van der Waals surface area contributed by atoms with Crippen molar-refractivity contribution in [2.24, 2.45) is 0 Å². The molecule has 0 aliphatic heterocycles. The van der Waals surface area contributed by atoms with E-state index in [-0.39, 0.29) is 0 Å². The molecular weight excluding hydrogens is 463 g/mol. The minimum absolute atomic E-state index is 0.406. The zero-order chi connectivity index (χ0) is 21.5. The third-order valence-electron chi connectivity index (χ3n) is 4.10. The normalized spacial score (nSPS) is 10.5. The Labute approximate surface area is 194 Å². The van der Waals surface area contributed by atoms with Gasteiger partial charge in [-0.15, -0.1) is 11.8 Å². The zero-order valence-corrected chi connectivity index (χ0v) is 18.7. The molecule has 0 aromatic heterocycles. The van der Waals surface area contributed by atoms with E-state index in [1.165, 1.54) is 0 Å². The number of aliphatic carboxylic acids is 1. The maximum Gasteiger partial charge on any atom is 0.341 e. The second kappa shape index (κ2) is 10.8. The Morgan fingerprint density at radius 1 is 0.900 bits per heavy atom. The molecule has 0 heterocycles. The molecule has 7 heteroatoms. The number of hydrogen-bond acceptors (Lipinski definition) is 3. The van der Waals surface area contributed by atoms with Gasteiger partial charge in [-0.3, -0.25) is 0 Å². The van der Waals surface area contributed by atoms with Gasteiger partial charge in [0.25, 0.3) is 0 Å². The highest BCUT2D eigenvalue weighted by Crippen LogP contribution is 2.32. The predicted octanol–water partition coefficient (Wildman–Crippen LogP) is 7.33. The Hall–Kier alpha value is -2.11. The summed E-state index contributed by atoms with van der Waals surface area (Å²) in [5, 5.41) is 10.6. The van der Waals surface area contributed by atoms with Gasteiger partial charge in [0.2, 0.25) is 0 Å². The van der Waals surface area contributed by atoms with E-state index in [9.17, 15) is 4.79 Å². The topological polar surface area (TPSA) is 46.5 Å². The summed E-state index contributed by atoms with van der Waals surface area (Å²) in [6, 6.07) is 20.5. The third-order valence-corrected chi connectivity index (χ3v) is 6.03. The van der Waals surface area contributed by atoms with Gasteiger partial charge in [0, 0.05) is 20.7 Å². The summed E-state index contributed by atoms with van der Waals surface area (Å²) in [5.74, 6) is 0.0623. The minimum atomic E-state index is -1.04. The van der Waals surface area contributed by atoms with Gasteiger partial charge < -0.3 is 9.84 Å². The van der Waals surface area contributed by atoms with E-state index in [4.69, 9.17) is 44.6 Å². The van der Waals surface area contributed by atoms with Crippen molar-refractivity contribution >= 4 is 58.1 Å². The van der Waals surface area contributed by atoms with Gasteiger partial charge in [-0.05, 0) is 59.2 Å². The molecule has 0 radical (unpaired) electrons. The van der Waals surface area contributed by atoms with E-state index >= 15 is 0 Å². The number of ether oxygens (including phenoxy) is 1. The Bertz CT molecular complexity index is 1000. The van der Waals surface area contributed by atoms with Crippen molar-refractivity contribution < 1.29 is 14.6 Å². The highest BCUT2D eigenvalue weighted by atomic mass is 35.5. The minimum Gasteiger partial charge on any atom is -0.482 e. The van der Waals surface area contributed by atoms with Crippen LogP contribution in [0.15, 0.2) is 77.7 Å². The van der Waals surface area contributed by atoms with E-state index in [0.29, 0.717) is 26.6 Å². The molecule has 0 saturated heterocycles. The molecule has 0 fully saturated rings. The van der Waals surface area contributed by atoms with Gasteiger partial charge in [0.05, 0.1) is 5.02 Å². The average molecular weight is 480 g/mol. The summed E-state index contributed by atoms with van der Waals surface area (Å²) in [7, 11) is 0. The molecule has 154 valence electrons. The number of carboxylic acids is 1. The molecule has 0 aliphatic carbocycles. The molecule has 0 bridgehead atoms. The summed E-state index contributed by atoms with van der Waals surface area (Å²) in [4.78, 5) is 11.5. The van der Waals surface area contributed by atoms with Crippen molar-refractivity contribution in [1.29, 1.82) is 0 Å². The predicted molar refractivity (Wildman–Crippen MR) is 125 cm³/mol. The van der Waals surface area contributed by atoms with Crippen LogP contribution in [0, 0.1) is 0 Å². The fourth-order valence-corrected chi connectivity index (χ4v) is 4.09. The van der Waals surface area contributed by atoms with Crippen LogP contribution in [0.2, 0.25) is 15.1 Å². The van der Waals surface area contributed by atoms with E-state index in [2.05, 4.69) is 6.08 Å². The van der Waals surface area contributed by atoms with Gasteiger partial charge in [0.15, 0.2) is 6.61 Å². The molecule has 0 amide bonds. The van der Waals surface area contributed by atoms with Gasteiger partial charge in [-0.1, -0.05) is 65.1 Å². The van der Waals surface area contributed by atoms with Crippen LogP contribution < -0.4 is 4.74 Å². The molecule has 3 aromatic carbocycles. The smallest absolute Gasteiger partial charge is 0.341 e. The van der Waals surface area contributed by atoms with Crippen molar-refractivity contribution in [2.45, 2.75) is 4.90 Å². The first kappa shape index (κ1) is 22.6. The molecular formula is C23H17Cl3O3S. The Balaban J connectivity index is 1.78. The molecule has 0 unspecified atom stereocenters. The van der Waals surface area contributed by atoms with Crippen LogP contribution in [0.5, 0.6) is 5.75 Å². The zero-order valence-electron chi connectivity index (χ0n) is 15.6. The fraction of sp³-hybridized carbons (Fsp3) is 0.0870. The number of rotatable bonds is 8. The third kappa shape index (κ3) is 6.44. The monoisotopic (exact) mass is 478 g/mol. The van der Waals surface area contributed by atoms with Gasteiger partial charge in [0.1, 0.15) is 5.75 Å². The molecule has 1 N–H and O–H groups in total. The molecule has 3 aromatic rings. The lowest BCUT2D eigenvalue weighted by molar-refractivity contribution is -0.139. The molecule has 0 aliphatic rings. The first-order chi connectivity index (χ1) is 14.4. The Kier molecular flexibility index (Phi) is 8.11. The van der Waals surface area contributed by atoms with Crippen LogP contribution in [-0.4, -0.2) is 23.4 Å². The average Bonchev–Trinajstić information content (AvgIpc) is 2.72. The van der Waals surface area contributed by atoms with Crippen LogP contribution in [0.25, 0.3) is 5.57 Å². The van der Waals surface area contributed by atoms with Crippen LogP contribution in [0.4, 0.5) is 0 Å². The van der Waals surface area contributed by atoms with E-state index < -0.39 is 12.6 Å². The van der Waals surface area contributed by atoms with Crippen LogP contribution in [0.3, 0.4) is 0 Å². The summed E-state index contributed by atoms with van der Waals surface area (Å²) < 4.78 is 5.15. The van der Waals surface area contributed by atoms with Gasteiger partial charge >= 0.3 is 5.97 Å². The fourth-order valence-electron chi connectivity index (χ4n) is 2.71. The second-order valence-corrected chi connectivity index (χ2v) is 8.56. The maximum atomic E-state index is 10.6. The van der Waals surface area contributed by atoms with Gasteiger partial charge in [-0.2, -0.15) is 0 Å². The molecule has 30 heavy (non-hydrogen) atoms. The number of halogens is 3. The maximum absolute atomic E-state index is 10.6. The van der Waals surface area contributed by atoms with Crippen molar-refractivity contribution in [3.8, 4) is 5.75 Å². The molecule has 0 atom stereocenters. The van der Waals surface area contributed by atoms with Gasteiger partial charge in [-0.25, -0.2) is 4.79 Å². The standard InChI is InChI=1S/C23H17Cl3O3S/c24-17-5-1-15(2-6-17)20(16-3-7-18(25)8-4-16)11-12-30-22-10-9-19(13-21(22)26)29-14-23(27)28/h1-11,13H,12,14H2,(H,27,28). The SMILES string of the molecule is O=C(O)COc1ccc(SCC=C(c2ccc(Cl)cc2)c2ccc(Cl)cc2)c(Cl)c1. The molecule has 3 nitrogen and oxygen atoms in total. The summed E-state index contributed by atoms with van der Waals surface area (Å²) in [6.45, 7) is -0.406. The number of carbonyl (C=O) groups is 1. The van der Waals surface area contributed by atoms with E-state index in [0.717, 1.165) is 21.6 Å². The highest BCUT2D eigenvalue weighted by molar-refractivity contribution is 7.99. The lowest BCUT2D eigenvalue weighted by atomic mass is 9.98. The number of benzene rings is 3. The molecule has 0 spiro atoms. The van der Waals surface area contributed by atoms with E-state index in [1.807, 2.05) is 54.6 Å². The highest BCUT2D eigenvalue weighted by Gasteiger charge is 2.08. The van der Waals surface area contributed by atoms with E-state index in [1.54, 1.807) is 23.9 Å². The number of thioether (sulfide) groups is 1. The van der Waals surface area contributed by atoms with Crippen LogP contribution >= 0.6 is 46.6 Å². The van der Waals surface area contributed by atoms with Crippen LogP contribution in [-0.2, 0) is 4.79 Å². The largest absolute Gasteiger partial charge is 0.482 e. The second-order valence-electron chi connectivity index (χ2n) is 6.22. The number of hydrogen-bond donors (Lipinski definition) is 1. The first-order valence-corrected chi connectivity index (χ1v) is 11.0. The molecule has 3 rings (SSSR count). The summed E-state index contributed by atoms with van der Waals surface area (Å²) in [6.07, 6.45) is 2.13.